The summed E-state index contributed by atoms with van der Waals surface area (Å²) >= 11 is 5.93. The standard InChI is InChI=1S/C9H10ClNO2S/c10-8-4-1-2-5-9(8)11-6-3-7-14(11,12)13/h1-2,4-5H,3,6-7H2. The smallest absolute Gasteiger partial charge is 0.235 e. The molecule has 1 aromatic rings. The predicted octanol–water partition coefficient (Wildman–Crippen LogP) is 1.88. The Morgan fingerprint density at radius 1 is 1.29 bits per heavy atom. The topological polar surface area (TPSA) is 37.4 Å². The summed E-state index contributed by atoms with van der Waals surface area (Å²) < 4.78 is 24.5. The van der Waals surface area contributed by atoms with Crippen LogP contribution in [0.25, 0.3) is 0 Å². The number of hydrogen-bond donors (Lipinski definition) is 0. The molecule has 1 aromatic carbocycles. The summed E-state index contributed by atoms with van der Waals surface area (Å²) in [5.74, 6) is 0.220. The Hall–Kier alpha value is -0.740. The van der Waals surface area contributed by atoms with E-state index in [1.807, 2.05) is 0 Å². The van der Waals surface area contributed by atoms with Crippen LogP contribution in [0.15, 0.2) is 24.3 Å². The molecular weight excluding hydrogens is 222 g/mol. The van der Waals surface area contributed by atoms with Crippen LogP contribution < -0.4 is 4.31 Å². The van der Waals surface area contributed by atoms with Crippen LogP contribution in [0.5, 0.6) is 0 Å². The average molecular weight is 232 g/mol. The second-order valence-electron chi connectivity index (χ2n) is 3.19. The lowest BCUT2D eigenvalue weighted by molar-refractivity contribution is 0.599. The normalized spacial score (nSPS) is 19.9. The summed E-state index contributed by atoms with van der Waals surface area (Å²) in [5, 5.41) is 0.484. The van der Waals surface area contributed by atoms with Crippen LogP contribution in [0.4, 0.5) is 5.69 Å². The quantitative estimate of drug-likeness (QED) is 0.740. The summed E-state index contributed by atoms with van der Waals surface area (Å²) in [6.07, 6.45) is 0.674. The van der Waals surface area contributed by atoms with Gasteiger partial charge in [0.15, 0.2) is 0 Å². The SMILES string of the molecule is O=S1(=O)CCCN1c1ccccc1Cl. The van der Waals surface area contributed by atoms with Crippen molar-refractivity contribution in [3.05, 3.63) is 29.3 Å². The van der Waals surface area contributed by atoms with Crippen molar-refractivity contribution < 1.29 is 8.42 Å². The van der Waals surface area contributed by atoms with Gasteiger partial charge in [0.1, 0.15) is 0 Å². The van der Waals surface area contributed by atoms with Crippen LogP contribution >= 0.6 is 11.6 Å². The van der Waals surface area contributed by atoms with E-state index in [1.54, 1.807) is 24.3 Å². The fourth-order valence-electron chi connectivity index (χ4n) is 1.56. The molecule has 2 rings (SSSR count). The minimum Gasteiger partial charge on any atom is -0.269 e. The molecule has 1 aliphatic rings. The van der Waals surface area contributed by atoms with Gasteiger partial charge in [-0.2, -0.15) is 0 Å². The zero-order valence-electron chi connectivity index (χ0n) is 7.48. The molecule has 0 bridgehead atoms. The first-order valence-electron chi connectivity index (χ1n) is 4.36. The highest BCUT2D eigenvalue weighted by molar-refractivity contribution is 7.93. The van der Waals surface area contributed by atoms with Crippen molar-refractivity contribution in [2.75, 3.05) is 16.6 Å². The lowest BCUT2D eigenvalue weighted by Crippen LogP contribution is -2.25. The highest BCUT2D eigenvalue weighted by Crippen LogP contribution is 2.30. The molecule has 3 nitrogen and oxygen atoms in total. The van der Waals surface area contributed by atoms with Crippen molar-refractivity contribution in [3.8, 4) is 0 Å². The summed E-state index contributed by atoms with van der Waals surface area (Å²) in [7, 11) is -3.11. The molecule has 0 amide bonds. The maximum Gasteiger partial charge on any atom is 0.235 e. The van der Waals surface area contributed by atoms with E-state index >= 15 is 0 Å². The number of nitrogens with zero attached hydrogens (tertiary/aromatic N) is 1. The number of halogens is 1. The number of anilines is 1. The van der Waals surface area contributed by atoms with Crippen LogP contribution in [0.3, 0.4) is 0 Å². The lowest BCUT2D eigenvalue weighted by Gasteiger charge is -2.17. The van der Waals surface area contributed by atoms with E-state index in [0.717, 1.165) is 0 Å². The molecule has 1 fully saturated rings. The number of rotatable bonds is 1. The van der Waals surface area contributed by atoms with Gasteiger partial charge in [0.05, 0.1) is 16.5 Å². The van der Waals surface area contributed by atoms with Gasteiger partial charge < -0.3 is 0 Å². The predicted molar refractivity (Wildman–Crippen MR) is 57.2 cm³/mol. The number of hydrogen-bond acceptors (Lipinski definition) is 2. The highest BCUT2D eigenvalue weighted by Gasteiger charge is 2.29. The molecule has 0 unspecified atom stereocenters. The van der Waals surface area contributed by atoms with E-state index < -0.39 is 10.0 Å². The zero-order valence-corrected chi connectivity index (χ0v) is 9.05. The number of benzene rings is 1. The van der Waals surface area contributed by atoms with Crippen LogP contribution in [-0.2, 0) is 10.0 Å². The van der Waals surface area contributed by atoms with Crippen molar-refractivity contribution in [1.29, 1.82) is 0 Å². The molecule has 1 heterocycles. The average Bonchev–Trinajstić information content (AvgIpc) is 2.46. The van der Waals surface area contributed by atoms with Crippen molar-refractivity contribution in [3.63, 3.8) is 0 Å². The second-order valence-corrected chi connectivity index (χ2v) is 5.61. The van der Waals surface area contributed by atoms with Crippen molar-refractivity contribution >= 4 is 27.3 Å². The molecule has 5 heteroatoms. The lowest BCUT2D eigenvalue weighted by atomic mass is 10.3. The van der Waals surface area contributed by atoms with Gasteiger partial charge in [-0.3, -0.25) is 4.31 Å². The first kappa shape index (κ1) is 9.80. The van der Waals surface area contributed by atoms with Crippen LogP contribution in [-0.4, -0.2) is 20.7 Å². The van der Waals surface area contributed by atoms with E-state index in [2.05, 4.69) is 0 Å². The van der Waals surface area contributed by atoms with Crippen LogP contribution in [0, 0.1) is 0 Å². The first-order chi connectivity index (χ1) is 6.61. The Labute approximate surface area is 88.3 Å². The second kappa shape index (κ2) is 3.44. The Balaban J connectivity index is 2.46. The fraction of sp³-hybridized carbons (Fsp3) is 0.333. The molecule has 0 aliphatic carbocycles. The van der Waals surface area contributed by atoms with Gasteiger partial charge in [-0.1, -0.05) is 23.7 Å². The van der Waals surface area contributed by atoms with Gasteiger partial charge >= 0.3 is 0 Å². The van der Waals surface area contributed by atoms with Gasteiger partial charge in [0.25, 0.3) is 0 Å². The van der Waals surface area contributed by atoms with Gasteiger partial charge in [0.2, 0.25) is 10.0 Å². The number of para-hydroxylation sites is 1. The summed E-state index contributed by atoms with van der Waals surface area (Å²) in [4.78, 5) is 0. The fourth-order valence-corrected chi connectivity index (χ4v) is 3.43. The monoisotopic (exact) mass is 231 g/mol. The Morgan fingerprint density at radius 2 is 2.00 bits per heavy atom. The van der Waals surface area contributed by atoms with Crippen molar-refractivity contribution in [2.45, 2.75) is 6.42 Å². The molecule has 1 aliphatic heterocycles. The molecule has 76 valence electrons. The third-order valence-corrected chi connectivity index (χ3v) is 4.40. The van der Waals surface area contributed by atoms with Crippen molar-refractivity contribution in [1.82, 2.24) is 0 Å². The van der Waals surface area contributed by atoms with Gasteiger partial charge in [-0.05, 0) is 18.6 Å². The van der Waals surface area contributed by atoms with Gasteiger partial charge in [-0.25, -0.2) is 8.42 Å². The van der Waals surface area contributed by atoms with E-state index in [9.17, 15) is 8.42 Å². The molecule has 14 heavy (non-hydrogen) atoms. The Morgan fingerprint density at radius 3 is 2.57 bits per heavy atom. The van der Waals surface area contributed by atoms with Gasteiger partial charge in [-0.15, -0.1) is 0 Å². The van der Waals surface area contributed by atoms with E-state index in [1.165, 1.54) is 4.31 Å². The maximum atomic E-state index is 11.6. The van der Waals surface area contributed by atoms with E-state index in [4.69, 9.17) is 11.6 Å². The largest absolute Gasteiger partial charge is 0.269 e. The molecule has 0 atom stereocenters. The summed E-state index contributed by atoms with van der Waals surface area (Å²) in [6, 6.07) is 7.00. The Bertz CT molecular complexity index is 444. The van der Waals surface area contributed by atoms with Crippen LogP contribution in [0.1, 0.15) is 6.42 Å². The van der Waals surface area contributed by atoms with E-state index in [-0.39, 0.29) is 5.75 Å². The van der Waals surface area contributed by atoms with Gasteiger partial charge in [0, 0.05) is 6.54 Å². The zero-order chi connectivity index (χ0) is 10.2. The summed E-state index contributed by atoms with van der Waals surface area (Å²) in [6.45, 7) is 0.534. The number of sulfonamides is 1. The molecule has 0 radical (unpaired) electrons. The van der Waals surface area contributed by atoms with E-state index in [0.29, 0.717) is 23.7 Å². The third-order valence-electron chi connectivity index (χ3n) is 2.22. The summed E-state index contributed by atoms with van der Waals surface area (Å²) in [5.41, 5.74) is 0.590. The first-order valence-corrected chi connectivity index (χ1v) is 6.35. The molecule has 1 saturated heterocycles. The van der Waals surface area contributed by atoms with Crippen LogP contribution in [0.2, 0.25) is 5.02 Å². The molecule has 0 saturated carbocycles. The molecule has 0 aromatic heterocycles. The van der Waals surface area contributed by atoms with Crippen molar-refractivity contribution in [2.24, 2.45) is 0 Å². The third kappa shape index (κ3) is 1.60. The minimum atomic E-state index is -3.11. The minimum absolute atomic E-state index is 0.220. The Kier molecular flexibility index (Phi) is 2.41. The highest BCUT2D eigenvalue weighted by atomic mass is 35.5. The molecule has 0 spiro atoms. The maximum absolute atomic E-state index is 11.6. The molecule has 0 N–H and O–H groups in total. The molecular formula is C9H10ClNO2S.